The van der Waals surface area contributed by atoms with Crippen LogP contribution in [0.4, 0.5) is 0 Å². The first-order valence-electron chi connectivity index (χ1n) is 8.98. The zero-order valence-electron chi connectivity index (χ0n) is 15.6. The molecule has 1 heterocycles. The normalized spacial score (nSPS) is 10.7. The molecule has 0 atom stereocenters. The summed E-state index contributed by atoms with van der Waals surface area (Å²) in [6.45, 7) is 1.90. The van der Waals surface area contributed by atoms with Gasteiger partial charge in [0.15, 0.2) is 0 Å². The Morgan fingerprint density at radius 1 is 0.931 bits per heavy atom. The lowest BCUT2D eigenvalue weighted by molar-refractivity contribution is 0.0718. The lowest BCUT2D eigenvalue weighted by Gasteiger charge is -2.11. The Morgan fingerprint density at radius 2 is 1.55 bits per heavy atom. The van der Waals surface area contributed by atoms with Gasteiger partial charge in [-0.3, -0.25) is 0 Å². The first kappa shape index (κ1) is 19.3. The maximum Gasteiger partial charge on any atom is 0.346 e. The van der Waals surface area contributed by atoms with E-state index in [4.69, 9.17) is 16.3 Å². The molecular weight excluding hydrogens is 404 g/mol. The van der Waals surface area contributed by atoms with E-state index in [0.717, 1.165) is 21.2 Å². The third kappa shape index (κ3) is 4.21. The number of nitrogens with zero attached hydrogens (tertiary/aromatic N) is 2. The van der Waals surface area contributed by atoms with Crippen molar-refractivity contribution in [3.05, 3.63) is 101 Å². The summed E-state index contributed by atoms with van der Waals surface area (Å²) in [7, 11) is 0. The van der Waals surface area contributed by atoms with Crippen LogP contribution in [-0.4, -0.2) is 15.7 Å². The molecule has 3 aromatic carbocycles. The Labute approximate surface area is 178 Å². The van der Waals surface area contributed by atoms with Gasteiger partial charge in [0.1, 0.15) is 0 Å². The Morgan fingerprint density at radius 3 is 2.24 bits per heavy atom. The van der Waals surface area contributed by atoms with E-state index in [1.54, 1.807) is 28.9 Å². The lowest BCUT2D eigenvalue weighted by Crippen LogP contribution is -2.12. The van der Waals surface area contributed by atoms with Gasteiger partial charge in [0.2, 0.25) is 5.88 Å². The van der Waals surface area contributed by atoms with Gasteiger partial charge in [-0.1, -0.05) is 71.9 Å². The van der Waals surface area contributed by atoms with E-state index in [9.17, 15) is 4.79 Å². The van der Waals surface area contributed by atoms with Crippen LogP contribution in [0.2, 0.25) is 5.02 Å². The molecular formula is C23H17ClN2O2S. The van der Waals surface area contributed by atoms with E-state index in [2.05, 4.69) is 5.10 Å². The number of para-hydroxylation sites is 1. The number of aryl methyl sites for hydroxylation is 1. The fraction of sp³-hybridized carbons (Fsp3) is 0.0435. The molecule has 29 heavy (non-hydrogen) atoms. The molecule has 0 fully saturated rings. The number of hydrogen-bond donors (Lipinski definition) is 0. The minimum atomic E-state index is -0.525. The number of aromatic nitrogens is 2. The molecule has 0 saturated carbocycles. The number of benzene rings is 3. The number of carbonyl (C=O) groups is 1. The first-order chi connectivity index (χ1) is 14.1. The fourth-order valence-corrected chi connectivity index (χ4v) is 3.96. The number of esters is 1. The largest absolute Gasteiger partial charge is 0.402 e. The zero-order valence-corrected chi connectivity index (χ0v) is 17.2. The van der Waals surface area contributed by atoms with Crippen LogP contribution in [0.15, 0.2) is 94.7 Å². The van der Waals surface area contributed by atoms with Crippen LogP contribution < -0.4 is 4.74 Å². The molecule has 1 aromatic heterocycles. The quantitative estimate of drug-likeness (QED) is 0.360. The van der Waals surface area contributed by atoms with Crippen LogP contribution in [0.5, 0.6) is 5.88 Å². The van der Waals surface area contributed by atoms with Crippen LogP contribution in [0, 0.1) is 6.92 Å². The van der Waals surface area contributed by atoms with Crippen molar-refractivity contribution in [3.8, 4) is 11.6 Å². The van der Waals surface area contributed by atoms with Gasteiger partial charge in [0.25, 0.3) is 0 Å². The monoisotopic (exact) mass is 420 g/mol. The number of ether oxygens (including phenoxy) is 1. The van der Waals surface area contributed by atoms with Crippen molar-refractivity contribution < 1.29 is 9.53 Å². The predicted octanol–water partition coefficient (Wildman–Crippen LogP) is 6.20. The molecule has 0 radical (unpaired) electrons. The molecule has 4 rings (SSSR count). The number of hydrogen-bond acceptors (Lipinski definition) is 4. The Balaban J connectivity index is 1.78. The third-order valence-electron chi connectivity index (χ3n) is 4.21. The molecule has 0 aliphatic carbocycles. The molecule has 0 bridgehead atoms. The second-order valence-electron chi connectivity index (χ2n) is 6.25. The summed E-state index contributed by atoms with van der Waals surface area (Å²) in [6, 6.07) is 26.3. The highest BCUT2D eigenvalue weighted by Gasteiger charge is 2.23. The van der Waals surface area contributed by atoms with E-state index in [1.807, 2.05) is 67.6 Å². The smallest absolute Gasteiger partial charge is 0.346 e. The molecule has 0 unspecified atom stereocenters. The molecule has 0 spiro atoms. The molecule has 0 aliphatic heterocycles. The van der Waals surface area contributed by atoms with Gasteiger partial charge < -0.3 is 4.74 Å². The third-order valence-corrected chi connectivity index (χ3v) is 5.72. The topological polar surface area (TPSA) is 44.1 Å². The highest BCUT2D eigenvalue weighted by molar-refractivity contribution is 7.99. The molecule has 144 valence electrons. The van der Waals surface area contributed by atoms with Gasteiger partial charge in [-0.2, -0.15) is 9.78 Å². The predicted molar refractivity (Wildman–Crippen MR) is 115 cm³/mol. The SMILES string of the molecule is Cc1nn(-c2ccccc2)c(OC(=O)c2ccccc2Cl)c1Sc1ccccc1. The van der Waals surface area contributed by atoms with Crippen LogP contribution in [-0.2, 0) is 0 Å². The number of rotatable bonds is 5. The zero-order chi connectivity index (χ0) is 20.2. The molecule has 4 aromatic rings. The highest BCUT2D eigenvalue weighted by Crippen LogP contribution is 2.39. The van der Waals surface area contributed by atoms with Gasteiger partial charge in [0, 0.05) is 4.90 Å². The second kappa shape index (κ2) is 8.55. The van der Waals surface area contributed by atoms with Crippen molar-refractivity contribution in [1.29, 1.82) is 0 Å². The number of carbonyl (C=O) groups excluding carboxylic acids is 1. The van der Waals surface area contributed by atoms with E-state index in [1.165, 1.54) is 11.8 Å². The van der Waals surface area contributed by atoms with E-state index in [-0.39, 0.29) is 0 Å². The van der Waals surface area contributed by atoms with Crippen molar-refractivity contribution in [2.75, 3.05) is 0 Å². The van der Waals surface area contributed by atoms with Gasteiger partial charge in [-0.15, -0.1) is 0 Å². The maximum atomic E-state index is 12.9. The van der Waals surface area contributed by atoms with Crippen molar-refractivity contribution >= 4 is 29.3 Å². The fourth-order valence-electron chi connectivity index (χ4n) is 2.82. The Kier molecular flexibility index (Phi) is 5.69. The minimum absolute atomic E-state index is 0.309. The second-order valence-corrected chi connectivity index (χ2v) is 7.74. The van der Waals surface area contributed by atoms with Crippen molar-refractivity contribution in [3.63, 3.8) is 0 Å². The van der Waals surface area contributed by atoms with Crippen LogP contribution >= 0.6 is 23.4 Å². The highest BCUT2D eigenvalue weighted by atomic mass is 35.5. The minimum Gasteiger partial charge on any atom is -0.402 e. The Hall–Kier alpha value is -3.02. The van der Waals surface area contributed by atoms with E-state index in [0.29, 0.717) is 16.5 Å². The summed E-state index contributed by atoms with van der Waals surface area (Å²) < 4.78 is 7.50. The Bertz CT molecular complexity index is 1140. The molecule has 4 nitrogen and oxygen atoms in total. The number of halogens is 1. The molecule has 0 N–H and O–H groups in total. The lowest BCUT2D eigenvalue weighted by atomic mass is 10.2. The van der Waals surface area contributed by atoms with Crippen LogP contribution in [0.25, 0.3) is 5.69 Å². The van der Waals surface area contributed by atoms with Gasteiger partial charge in [-0.25, -0.2) is 4.79 Å². The first-order valence-corrected chi connectivity index (χ1v) is 10.2. The molecule has 6 heteroatoms. The summed E-state index contributed by atoms with van der Waals surface area (Å²) in [5.74, 6) is -0.157. The average Bonchev–Trinajstić information content (AvgIpc) is 3.05. The summed E-state index contributed by atoms with van der Waals surface area (Å²) in [5, 5.41) is 4.98. The van der Waals surface area contributed by atoms with E-state index < -0.39 is 5.97 Å². The van der Waals surface area contributed by atoms with E-state index >= 15 is 0 Å². The van der Waals surface area contributed by atoms with Crippen molar-refractivity contribution in [2.45, 2.75) is 16.7 Å². The summed E-state index contributed by atoms with van der Waals surface area (Å²) >= 11 is 7.69. The van der Waals surface area contributed by atoms with Gasteiger partial charge in [-0.05, 0) is 43.3 Å². The van der Waals surface area contributed by atoms with Crippen LogP contribution in [0.3, 0.4) is 0 Å². The summed E-state index contributed by atoms with van der Waals surface area (Å²) in [5.41, 5.74) is 1.88. The van der Waals surface area contributed by atoms with Crippen molar-refractivity contribution in [1.82, 2.24) is 9.78 Å². The maximum absolute atomic E-state index is 12.9. The summed E-state index contributed by atoms with van der Waals surface area (Å²) in [6.07, 6.45) is 0. The van der Waals surface area contributed by atoms with Crippen molar-refractivity contribution in [2.24, 2.45) is 0 Å². The van der Waals surface area contributed by atoms with Gasteiger partial charge in [0.05, 0.1) is 26.9 Å². The standard InChI is InChI=1S/C23H17ClN2O2S/c1-16-21(29-18-12-6-3-7-13-18)22(26(25-16)17-10-4-2-5-11-17)28-23(27)19-14-8-9-15-20(19)24/h2-15H,1H3. The average molecular weight is 421 g/mol. The summed E-state index contributed by atoms with van der Waals surface area (Å²) in [4.78, 5) is 14.7. The molecule has 0 saturated heterocycles. The van der Waals surface area contributed by atoms with Crippen LogP contribution in [0.1, 0.15) is 16.1 Å². The van der Waals surface area contributed by atoms with Gasteiger partial charge >= 0.3 is 5.97 Å². The molecule has 0 aliphatic rings. The molecule has 0 amide bonds.